The van der Waals surface area contributed by atoms with Gasteiger partial charge in [0.1, 0.15) is 0 Å². The third kappa shape index (κ3) is 4.23. The summed E-state index contributed by atoms with van der Waals surface area (Å²) in [4.78, 5) is 13.9. The van der Waals surface area contributed by atoms with Gasteiger partial charge in [0.15, 0.2) is 0 Å². The van der Waals surface area contributed by atoms with E-state index in [-0.39, 0.29) is 6.03 Å². The van der Waals surface area contributed by atoms with Crippen LogP contribution in [0, 0.1) is 0 Å². The molecule has 114 valence electrons. The zero-order valence-corrected chi connectivity index (χ0v) is 13.0. The molecular weight excluding hydrogens is 264 g/mol. The zero-order valence-electron chi connectivity index (χ0n) is 13.0. The molecular formula is C16H24N4O. The Morgan fingerprint density at radius 2 is 2.10 bits per heavy atom. The Labute approximate surface area is 125 Å². The minimum Gasteiger partial charge on any atom is -0.346 e. The third-order valence-electron chi connectivity index (χ3n) is 3.36. The van der Waals surface area contributed by atoms with Gasteiger partial charge in [-0.05, 0) is 44.1 Å². The highest BCUT2D eigenvalue weighted by Gasteiger charge is 2.05. The van der Waals surface area contributed by atoms with Crippen LogP contribution in [0.3, 0.4) is 0 Å². The van der Waals surface area contributed by atoms with Gasteiger partial charge in [0, 0.05) is 31.5 Å². The molecule has 21 heavy (non-hydrogen) atoms. The van der Waals surface area contributed by atoms with Gasteiger partial charge in [-0.1, -0.05) is 13.0 Å². The standard InChI is InChI=1S/C16H24N4O/c1-4-8-17-16(21)18-14-6-5-13-7-9-20(15(13)12-14)11-10-19(2)3/h5-7,9,12H,4,8,10-11H2,1-3H3,(H2,17,18,21). The molecule has 5 heteroatoms. The second kappa shape index (κ2) is 7.13. The topological polar surface area (TPSA) is 49.3 Å². The van der Waals surface area contributed by atoms with Crippen molar-refractivity contribution in [2.24, 2.45) is 0 Å². The first kappa shape index (κ1) is 15.4. The van der Waals surface area contributed by atoms with E-state index >= 15 is 0 Å². The Kier molecular flexibility index (Phi) is 5.22. The van der Waals surface area contributed by atoms with Gasteiger partial charge in [-0.15, -0.1) is 0 Å². The number of nitrogens with one attached hydrogen (secondary N) is 2. The number of hydrogen-bond donors (Lipinski definition) is 2. The van der Waals surface area contributed by atoms with Gasteiger partial charge in [-0.2, -0.15) is 0 Å². The van der Waals surface area contributed by atoms with E-state index in [0.29, 0.717) is 6.54 Å². The molecule has 0 saturated carbocycles. The van der Waals surface area contributed by atoms with Gasteiger partial charge in [-0.25, -0.2) is 4.79 Å². The second-order valence-corrected chi connectivity index (χ2v) is 5.47. The van der Waals surface area contributed by atoms with Gasteiger partial charge >= 0.3 is 6.03 Å². The molecule has 0 unspecified atom stereocenters. The summed E-state index contributed by atoms with van der Waals surface area (Å²) in [5.41, 5.74) is 1.96. The zero-order chi connectivity index (χ0) is 15.2. The fourth-order valence-electron chi connectivity index (χ4n) is 2.18. The molecule has 2 rings (SSSR count). The maximum atomic E-state index is 11.7. The highest BCUT2D eigenvalue weighted by atomic mass is 16.2. The van der Waals surface area contributed by atoms with Gasteiger partial charge < -0.3 is 20.1 Å². The summed E-state index contributed by atoms with van der Waals surface area (Å²) in [6, 6.07) is 7.95. The lowest BCUT2D eigenvalue weighted by Crippen LogP contribution is -2.29. The Balaban J connectivity index is 2.11. The number of carbonyl (C=O) groups is 1. The number of nitrogens with zero attached hydrogens (tertiary/aromatic N) is 2. The molecule has 0 atom stereocenters. The normalized spacial score (nSPS) is 11.0. The van der Waals surface area contributed by atoms with Crippen molar-refractivity contribution in [2.45, 2.75) is 19.9 Å². The number of rotatable bonds is 6. The molecule has 1 heterocycles. The second-order valence-electron chi connectivity index (χ2n) is 5.47. The van der Waals surface area contributed by atoms with Crippen molar-refractivity contribution in [3.63, 3.8) is 0 Å². The Morgan fingerprint density at radius 1 is 1.29 bits per heavy atom. The van der Waals surface area contributed by atoms with Crippen molar-refractivity contribution >= 4 is 22.6 Å². The molecule has 1 aromatic carbocycles. The van der Waals surface area contributed by atoms with Crippen molar-refractivity contribution in [3.05, 3.63) is 30.5 Å². The number of aromatic nitrogens is 1. The average Bonchev–Trinajstić information content (AvgIpc) is 2.85. The fraction of sp³-hybridized carbons (Fsp3) is 0.438. The number of fused-ring (bicyclic) bond motifs is 1. The fourth-order valence-corrected chi connectivity index (χ4v) is 2.18. The van der Waals surface area contributed by atoms with Crippen LogP contribution in [0.15, 0.2) is 30.5 Å². The van der Waals surface area contributed by atoms with Crippen LogP contribution in [0.4, 0.5) is 10.5 Å². The largest absolute Gasteiger partial charge is 0.346 e. The summed E-state index contributed by atoms with van der Waals surface area (Å²) >= 11 is 0. The smallest absolute Gasteiger partial charge is 0.319 e. The lowest BCUT2D eigenvalue weighted by atomic mass is 10.2. The Hall–Kier alpha value is -2.01. The summed E-state index contributed by atoms with van der Waals surface area (Å²) < 4.78 is 2.21. The average molecular weight is 288 g/mol. The van der Waals surface area contributed by atoms with Gasteiger partial charge in [-0.3, -0.25) is 0 Å². The van der Waals surface area contributed by atoms with Crippen LogP contribution in [0.25, 0.3) is 10.9 Å². The van der Waals surface area contributed by atoms with Crippen LogP contribution in [0.1, 0.15) is 13.3 Å². The molecule has 2 amide bonds. The van der Waals surface area contributed by atoms with Crippen molar-refractivity contribution in [1.82, 2.24) is 14.8 Å². The van der Waals surface area contributed by atoms with E-state index < -0.39 is 0 Å². The molecule has 2 aromatic rings. The monoisotopic (exact) mass is 288 g/mol. The number of hydrogen-bond acceptors (Lipinski definition) is 2. The summed E-state index contributed by atoms with van der Waals surface area (Å²) in [5.74, 6) is 0. The maximum absolute atomic E-state index is 11.7. The van der Waals surface area contributed by atoms with Crippen molar-refractivity contribution in [1.29, 1.82) is 0 Å². The minimum absolute atomic E-state index is 0.150. The van der Waals surface area contributed by atoms with E-state index in [1.54, 1.807) is 0 Å². The number of urea groups is 1. The predicted octanol–water partition coefficient (Wildman–Crippen LogP) is 2.73. The summed E-state index contributed by atoms with van der Waals surface area (Å²) in [5, 5.41) is 6.88. The Bertz CT molecular complexity index is 603. The molecule has 0 fully saturated rings. The molecule has 0 saturated heterocycles. The van der Waals surface area contributed by atoms with Crippen LogP contribution < -0.4 is 10.6 Å². The molecule has 0 aliphatic heterocycles. The summed E-state index contributed by atoms with van der Waals surface area (Å²) in [6.07, 6.45) is 3.02. The number of carbonyl (C=O) groups excluding carboxylic acids is 1. The molecule has 1 aromatic heterocycles. The van der Waals surface area contributed by atoms with Crippen molar-refractivity contribution < 1.29 is 4.79 Å². The number of likely N-dealkylation sites (N-methyl/N-ethyl adjacent to an activating group) is 1. The molecule has 0 radical (unpaired) electrons. The Morgan fingerprint density at radius 3 is 2.81 bits per heavy atom. The van der Waals surface area contributed by atoms with E-state index in [1.165, 1.54) is 5.39 Å². The number of anilines is 1. The first-order valence-electron chi connectivity index (χ1n) is 7.38. The van der Waals surface area contributed by atoms with Crippen LogP contribution >= 0.6 is 0 Å². The van der Waals surface area contributed by atoms with Crippen molar-refractivity contribution in [2.75, 3.05) is 32.5 Å². The molecule has 2 N–H and O–H groups in total. The number of amides is 2. The summed E-state index contributed by atoms with van der Waals surface area (Å²) in [7, 11) is 4.13. The minimum atomic E-state index is -0.150. The van der Waals surface area contributed by atoms with E-state index in [0.717, 1.165) is 30.7 Å². The predicted molar refractivity (Wildman–Crippen MR) is 87.8 cm³/mol. The quantitative estimate of drug-likeness (QED) is 0.858. The van der Waals surface area contributed by atoms with Gasteiger partial charge in [0.2, 0.25) is 0 Å². The molecule has 5 nitrogen and oxygen atoms in total. The molecule has 0 aliphatic rings. The maximum Gasteiger partial charge on any atom is 0.319 e. The van der Waals surface area contributed by atoms with Crippen molar-refractivity contribution in [3.8, 4) is 0 Å². The third-order valence-corrected chi connectivity index (χ3v) is 3.36. The molecule has 0 spiro atoms. The van der Waals surface area contributed by atoms with E-state index in [4.69, 9.17) is 0 Å². The van der Waals surface area contributed by atoms with Crippen LogP contribution in [-0.2, 0) is 6.54 Å². The number of benzene rings is 1. The molecule has 0 bridgehead atoms. The van der Waals surface area contributed by atoms with Gasteiger partial charge in [0.25, 0.3) is 0 Å². The lowest BCUT2D eigenvalue weighted by molar-refractivity contribution is 0.252. The van der Waals surface area contributed by atoms with Gasteiger partial charge in [0.05, 0.1) is 5.52 Å². The van der Waals surface area contributed by atoms with E-state index in [1.807, 2.05) is 25.1 Å². The summed E-state index contributed by atoms with van der Waals surface area (Å²) in [6.45, 7) is 4.64. The SMILES string of the molecule is CCCNC(=O)Nc1ccc2ccn(CCN(C)C)c2c1. The van der Waals surface area contributed by atoms with Crippen LogP contribution in [0.5, 0.6) is 0 Å². The van der Waals surface area contributed by atoms with Crippen LogP contribution in [0.2, 0.25) is 0 Å². The first-order valence-corrected chi connectivity index (χ1v) is 7.38. The van der Waals surface area contributed by atoms with Crippen LogP contribution in [-0.4, -0.2) is 42.7 Å². The highest BCUT2D eigenvalue weighted by molar-refractivity contribution is 5.92. The lowest BCUT2D eigenvalue weighted by Gasteiger charge is -2.12. The molecule has 0 aliphatic carbocycles. The van der Waals surface area contributed by atoms with E-state index in [9.17, 15) is 4.79 Å². The first-order chi connectivity index (χ1) is 10.1. The highest BCUT2D eigenvalue weighted by Crippen LogP contribution is 2.20. The van der Waals surface area contributed by atoms with E-state index in [2.05, 4.69) is 46.5 Å².